The Bertz CT molecular complexity index is 405. The van der Waals surface area contributed by atoms with E-state index in [-0.39, 0.29) is 12.8 Å². The van der Waals surface area contributed by atoms with Crippen LogP contribution < -0.4 is 5.32 Å². The number of nitrogens with one attached hydrogen (secondary N) is 1. The lowest BCUT2D eigenvalue weighted by molar-refractivity contribution is -0.140. The van der Waals surface area contributed by atoms with Gasteiger partial charge in [0.2, 0.25) is 0 Å². The van der Waals surface area contributed by atoms with Crippen molar-refractivity contribution in [2.45, 2.75) is 31.7 Å². The Labute approximate surface area is 112 Å². The van der Waals surface area contributed by atoms with Gasteiger partial charge in [0.25, 0.3) is 0 Å². The molecule has 1 unspecified atom stereocenters. The van der Waals surface area contributed by atoms with Crippen LogP contribution in [0, 0.1) is 0 Å². The summed E-state index contributed by atoms with van der Waals surface area (Å²) in [4.78, 5) is 21.3. The minimum Gasteiger partial charge on any atom is -0.481 e. The predicted octanol–water partition coefficient (Wildman–Crippen LogP) is 1.53. The van der Waals surface area contributed by atoms with Gasteiger partial charge in [0.15, 0.2) is 0 Å². The summed E-state index contributed by atoms with van der Waals surface area (Å²) in [5.41, 5.74) is 1.21. The summed E-state index contributed by atoms with van der Waals surface area (Å²) in [6, 6.07) is 9.16. The molecular formula is C14H19NO4. The van der Waals surface area contributed by atoms with E-state index in [4.69, 9.17) is 10.2 Å². The summed E-state index contributed by atoms with van der Waals surface area (Å²) < 4.78 is 0. The van der Waals surface area contributed by atoms with Crippen molar-refractivity contribution in [3.8, 4) is 0 Å². The van der Waals surface area contributed by atoms with Crippen molar-refractivity contribution in [1.29, 1.82) is 0 Å². The van der Waals surface area contributed by atoms with Gasteiger partial charge in [0.1, 0.15) is 6.04 Å². The molecule has 5 heteroatoms. The zero-order valence-corrected chi connectivity index (χ0v) is 10.7. The number of hydrogen-bond donors (Lipinski definition) is 3. The van der Waals surface area contributed by atoms with Crippen LogP contribution in [0.1, 0.15) is 24.8 Å². The van der Waals surface area contributed by atoms with E-state index in [9.17, 15) is 9.59 Å². The fourth-order valence-corrected chi connectivity index (χ4v) is 1.79. The van der Waals surface area contributed by atoms with Crippen LogP contribution in [0.3, 0.4) is 0 Å². The van der Waals surface area contributed by atoms with Crippen molar-refractivity contribution in [3.63, 3.8) is 0 Å². The molecule has 0 heterocycles. The van der Waals surface area contributed by atoms with Crippen molar-refractivity contribution in [2.24, 2.45) is 0 Å². The Balaban J connectivity index is 2.24. The fourth-order valence-electron chi connectivity index (χ4n) is 1.79. The maximum Gasteiger partial charge on any atom is 0.320 e. The van der Waals surface area contributed by atoms with Gasteiger partial charge >= 0.3 is 11.9 Å². The minimum atomic E-state index is -0.999. The molecular weight excluding hydrogens is 246 g/mol. The first-order valence-electron chi connectivity index (χ1n) is 6.31. The lowest BCUT2D eigenvalue weighted by atomic mass is 10.1. The molecule has 1 rings (SSSR count). The monoisotopic (exact) mass is 265 g/mol. The molecule has 0 spiro atoms. The fraction of sp³-hybridized carbons (Fsp3) is 0.429. The number of rotatable bonds is 9. The Hall–Kier alpha value is -1.88. The number of aryl methyl sites for hydroxylation is 1. The normalized spacial score (nSPS) is 12.0. The molecule has 0 saturated heterocycles. The van der Waals surface area contributed by atoms with Crippen LogP contribution in [0.5, 0.6) is 0 Å². The van der Waals surface area contributed by atoms with E-state index < -0.39 is 18.0 Å². The molecule has 1 aromatic carbocycles. The quantitative estimate of drug-likeness (QED) is 0.589. The van der Waals surface area contributed by atoms with E-state index in [1.165, 1.54) is 5.56 Å². The van der Waals surface area contributed by atoms with E-state index in [1.807, 2.05) is 30.3 Å². The van der Waals surface area contributed by atoms with Gasteiger partial charge in [0, 0.05) is 6.42 Å². The van der Waals surface area contributed by atoms with Gasteiger partial charge in [0.05, 0.1) is 0 Å². The zero-order valence-electron chi connectivity index (χ0n) is 10.7. The molecule has 0 radical (unpaired) electrons. The minimum absolute atomic E-state index is 0.107. The van der Waals surface area contributed by atoms with Crippen molar-refractivity contribution in [3.05, 3.63) is 35.9 Å². The Morgan fingerprint density at radius 2 is 1.84 bits per heavy atom. The number of carbonyl (C=O) groups is 2. The molecule has 1 aromatic rings. The van der Waals surface area contributed by atoms with E-state index in [0.717, 1.165) is 12.8 Å². The molecule has 0 bridgehead atoms. The maximum atomic E-state index is 10.9. The second-order valence-electron chi connectivity index (χ2n) is 4.37. The average Bonchev–Trinajstić information content (AvgIpc) is 2.38. The summed E-state index contributed by atoms with van der Waals surface area (Å²) in [7, 11) is 0. The van der Waals surface area contributed by atoms with Gasteiger partial charge in [-0.2, -0.15) is 0 Å². The maximum absolute atomic E-state index is 10.9. The second-order valence-corrected chi connectivity index (χ2v) is 4.37. The number of aliphatic carboxylic acids is 2. The first-order chi connectivity index (χ1) is 9.09. The molecule has 1 atom stereocenters. The first kappa shape index (κ1) is 15.2. The molecule has 19 heavy (non-hydrogen) atoms. The highest BCUT2D eigenvalue weighted by Crippen LogP contribution is 2.03. The second kappa shape index (κ2) is 8.26. The van der Waals surface area contributed by atoms with E-state index in [1.54, 1.807) is 0 Å². The van der Waals surface area contributed by atoms with Crippen LogP contribution in [0.25, 0.3) is 0 Å². The van der Waals surface area contributed by atoms with Crippen molar-refractivity contribution in [1.82, 2.24) is 5.32 Å². The van der Waals surface area contributed by atoms with Crippen LogP contribution in [-0.4, -0.2) is 34.7 Å². The summed E-state index contributed by atoms with van der Waals surface area (Å²) in [5, 5.41) is 20.4. The highest BCUT2D eigenvalue weighted by Gasteiger charge is 2.17. The number of benzene rings is 1. The van der Waals surface area contributed by atoms with Gasteiger partial charge in [-0.05, 0) is 31.4 Å². The lowest BCUT2D eigenvalue weighted by Gasteiger charge is -2.13. The molecule has 0 aromatic heterocycles. The molecule has 0 saturated carbocycles. The van der Waals surface area contributed by atoms with E-state index >= 15 is 0 Å². The van der Waals surface area contributed by atoms with Crippen molar-refractivity contribution in [2.75, 3.05) is 6.54 Å². The van der Waals surface area contributed by atoms with Gasteiger partial charge in [-0.3, -0.25) is 9.59 Å². The standard InChI is InChI=1S/C14H19NO4/c16-13(17)9-8-12(14(18)19)15-10-4-7-11-5-2-1-3-6-11/h1-3,5-6,12,15H,4,7-10H2,(H,16,17)(H,18,19). The molecule has 0 amide bonds. The summed E-state index contributed by atoms with van der Waals surface area (Å²) in [6.07, 6.45) is 1.67. The van der Waals surface area contributed by atoms with E-state index in [0.29, 0.717) is 6.54 Å². The highest BCUT2D eigenvalue weighted by atomic mass is 16.4. The summed E-state index contributed by atoms with van der Waals surface area (Å²) in [5.74, 6) is -1.97. The van der Waals surface area contributed by atoms with Crippen molar-refractivity contribution >= 4 is 11.9 Å². The molecule has 3 N–H and O–H groups in total. The van der Waals surface area contributed by atoms with Crippen LogP contribution in [-0.2, 0) is 16.0 Å². The third-order valence-electron chi connectivity index (χ3n) is 2.82. The van der Waals surface area contributed by atoms with Crippen LogP contribution in [0.15, 0.2) is 30.3 Å². The molecule has 104 valence electrons. The number of carboxylic acids is 2. The topological polar surface area (TPSA) is 86.6 Å². The summed E-state index contributed by atoms with van der Waals surface area (Å²) >= 11 is 0. The molecule has 0 aliphatic carbocycles. The zero-order chi connectivity index (χ0) is 14.1. The molecule has 0 aliphatic heterocycles. The smallest absolute Gasteiger partial charge is 0.320 e. The van der Waals surface area contributed by atoms with E-state index in [2.05, 4.69) is 5.32 Å². The van der Waals surface area contributed by atoms with Crippen LogP contribution >= 0.6 is 0 Å². The molecule has 0 fully saturated rings. The number of hydrogen-bond acceptors (Lipinski definition) is 3. The Kier molecular flexibility index (Phi) is 6.60. The number of carboxylic acid groups (broad SMARTS) is 2. The van der Waals surface area contributed by atoms with Gasteiger partial charge in [-0.1, -0.05) is 30.3 Å². The first-order valence-corrected chi connectivity index (χ1v) is 6.31. The van der Waals surface area contributed by atoms with Gasteiger partial charge in [-0.25, -0.2) is 0 Å². The van der Waals surface area contributed by atoms with Crippen LogP contribution in [0.4, 0.5) is 0 Å². The largest absolute Gasteiger partial charge is 0.481 e. The molecule has 5 nitrogen and oxygen atoms in total. The highest BCUT2D eigenvalue weighted by molar-refractivity contribution is 5.75. The average molecular weight is 265 g/mol. The van der Waals surface area contributed by atoms with Crippen molar-refractivity contribution < 1.29 is 19.8 Å². The summed E-state index contributed by atoms with van der Waals surface area (Å²) in [6.45, 7) is 0.561. The lowest BCUT2D eigenvalue weighted by Crippen LogP contribution is -2.37. The Morgan fingerprint density at radius 1 is 1.16 bits per heavy atom. The Morgan fingerprint density at radius 3 is 2.42 bits per heavy atom. The molecule has 0 aliphatic rings. The SMILES string of the molecule is O=C(O)CCC(NCCCc1ccccc1)C(=O)O. The van der Waals surface area contributed by atoms with Gasteiger partial charge < -0.3 is 15.5 Å². The predicted molar refractivity (Wildman–Crippen MR) is 71.1 cm³/mol. The van der Waals surface area contributed by atoms with Gasteiger partial charge in [-0.15, -0.1) is 0 Å². The third-order valence-corrected chi connectivity index (χ3v) is 2.82. The third kappa shape index (κ3) is 6.57. The van der Waals surface area contributed by atoms with Crippen LogP contribution in [0.2, 0.25) is 0 Å².